The van der Waals surface area contributed by atoms with Gasteiger partial charge in [0.25, 0.3) is 5.91 Å². The number of aliphatic hydroxyl groups is 1. The third-order valence-electron chi connectivity index (χ3n) is 5.09. The molecule has 0 saturated carbocycles. The molecular weight excluding hydrogens is 354 g/mol. The molecule has 1 aromatic heterocycles. The molecule has 1 fully saturated rings. The predicted octanol–water partition coefficient (Wildman–Crippen LogP) is 2.85. The number of nitrogens with zero attached hydrogens (tertiary/aromatic N) is 1. The van der Waals surface area contributed by atoms with Gasteiger partial charge in [0.2, 0.25) is 0 Å². The van der Waals surface area contributed by atoms with Crippen molar-refractivity contribution in [1.82, 2.24) is 15.8 Å². The molecule has 2 heterocycles. The number of piperidine rings is 1. The first-order chi connectivity index (χ1) is 13.6. The molecule has 0 aliphatic carbocycles. The fourth-order valence-corrected chi connectivity index (χ4v) is 3.48. The molecule has 0 radical (unpaired) electrons. The molecule has 0 spiro atoms. The Morgan fingerprint density at radius 2 is 1.96 bits per heavy atom. The summed E-state index contributed by atoms with van der Waals surface area (Å²) < 4.78 is 5.17. The average molecular weight is 377 g/mol. The third-order valence-corrected chi connectivity index (χ3v) is 5.09. The van der Waals surface area contributed by atoms with Gasteiger partial charge < -0.3 is 20.3 Å². The number of nitrogens with one attached hydrogen (secondary N) is 2. The van der Waals surface area contributed by atoms with Gasteiger partial charge >= 0.3 is 0 Å². The summed E-state index contributed by atoms with van der Waals surface area (Å²) in [6.45, 7) is 1.66. The SMILES string of the molecule is O=C(NCC1(O)CCCNC1)c1cccc(-c2ccc(-c3ccno3)cc2)c1. The fraction of sp³-hybridized carbons (Fsp3) is 0.273. The Morgan fingerprint density at radius 1 is 1.14 bits per heavy atom. The van der Waals surface area contributed by atoms with Crippen LogP contribution in [0, 0.1) is 0 Å². The zero-order chi connectivity index (χ0) is 19.4. The molecule has 144 valence electrons. The topological polar surface area (TPSA) is 87.4 Å². The molecule has 0 bridgehead atoms. The van der Waals surface area contributed by atoms with Crippen molar-refractivity contribution >= 4 is 5.91 Å². The lowest BCUT2D eigenvalue weighted by atomic mass is 9.94. The van der Waals surface area contributed by atoms with Crippen molar-refractivity contribution in [1.29, 1.82) is 0 Å². The zero-order valence-corrected chi connectivity index (χ0v) is 15.5. The molecule has 3 N–H and O–H groups in total. The van der Waals surface area contributed by atoms with Crippen LogP contribution in [0.4, 0.5) is 0 Å². The van der Waals surface area contributed by atoms with E-state index in [4.69, 9.17) is 4.52 Å². The highest BCUT2D eigenvalue weighted by Gasteiger charge is 2.29. The van der Waals surface area contributed by atoms with E-state index in [1.54, 1.807) is 12.3 Å². The second kappa shape index (κ2) is 7.96. The molecule has 1 saturated heterocycles. The molecule has 1 aliphatic heterocycles. The van der Waals surface area contributed by atoms with E-state index in [9.17, 15) is 9.90 Å². The Labute approximate surface area is 163 Å². The minimum atomic E-state index is -0.873. The minimum Gasteiger partial charge on any atom is -0.387 e. The lowest BCUT2D eigenvalue weighted by Crippen LogP contribution is -2.52. The highest BCUT2D eigenvalue weighted by molar-refractivity contribution is 5.95. The average Bonchev–Trinajstić information content (AvgIpc) is 3.28. The van der Waals surface area contributed by atoms with E-state index in [0.29, 0.717) is 18.5 Å². The van der Waals surface area contributed by atoms with Crippen molar-refractivity contribution in [2.45, 2.75) is 18.4 Å². The van der Waals surface area contributed by atoms with Crippen LogP contribution in [0.1, 0.15) is 23.2 Å². The summed E-state index contributed by atoms with van der Waals surface area (Å²) in [6, 6.07) is 17.2. The van der Waals surface area contributed by atoms with Gasteiger partial charge in [-0.15, -0.1) is 0 Å². The summed E-state index contributed by atoms with van der Waals surface area (Å²) in [5, 5.41) is 20.3. The van der Waals surface area contributed by atoms with Crippen LogP contribution in [0.15, 0.2) is 65.3 Å². The highest BCUT2D eigenvalue weighted by atomic mass is 16.5. The number of amides is 1. The van der Waals surface area contributed by atoms with Gasteiger partial charge in [-0.1, -0.05) is 41.6 Å². The quantitative estimate of drug-likeness (QED) is 0.636. The van der Waals surface area contributed by atoms with Crippen LogP contribution in [-0.4, -0.2) is 41.4 Å². The van der Waals surface area contributed by atoms with E-state index in [-0.39, 0.29) is 12.5 Å². The lowest BCUT2D eigenvalue weighted by molar-refractivity contribution is 0.0170. The van der Waals surface area contributed by atoms with Gasteiger partial charge in [-0.2, -0.15) is 0 Å². The van der Waals surface area contributed by atoms with Crippen LogP contribution in [0.25, 0.3) is 22.5 Å². The molecule has 6 heteroatoms. The molecule has 2 aromatic carbocycles. The van der Waals surface area contributed by atoms with Crippen molar-refractivity contribution < 1.29 is 14.4 Å². The maximum atomic E-state index is 12.6. The highest BCUT2D eigenvalue weighted by Crippen LogP contribution is 2.25. The van der Waals surface area contributed by atoms with E-state index >= 15 is 0 Å². The van der Waals surface area contributed by atoms with Gasteiger partial charge in [0.1, 0.15) is 0 Å². The van der Waals surface area contributed by atoms with Crippen LogP contribution >= 0.6 is 0 Å². The molecule has 3 aromatic rings. The summed E-state index contributed by atoms with van der Waals surface area (Å²) in [6.07, 6.45) is 3.22. The second-order valence-electron chi connectivity index (χ2n) is 7.22. The first-order valence-corrected chi connectivity index (χ1v) is 9.46. The molecule has 6 nitrogen and oxygen atoms in total. The number of carbonyl (C=O) groups is 1. The first-order valence-electron chi connectivity index (χ1n) is 9.46. The summed E-state index contributed by atoms with van der Waals surface area (Å²) in [5.74, 6) is 0.536. The van der Waals surface area contributed by atoms with Crippen molar-refractivity contribution in [3.05, 3.63) is 66.4 Å². The Kier molecular flexibility index (Phi) is 5.23. The Balaban J connectivity index is 1.45. The van der Waals surface area contributed by atoms with Crippen molar-refractivity contribution in [2.24, 2.45) is 0 Å². The summed E-state index contributed by atoms with van der Waals surface area (Å²) >= 11 is 0. The Bertz CT molecular complexity index is 930. The van der Waals surface area contributed by atoms with E-state index in [1.807, 2.05) is 48.5 Å². The van der Waals surface area contributed by atoms with Crippen molar-refractivity contribution in [3.8, 4) is 22.5 Å². The third kappa shape index (κ3) is 4.13. The maximum absolute atomic E-state index is 12.6. The van der Waals surface area contributed by atoms with Crippen molar-refractivity contribution in [3.63, 3.8) is 0 Å². The normalized spacial score (nSPS) is 19.3. The molecule has 1 aliphatic rings. The van der Waals surface area contributed by atoms with E-state index in [1.165, 1.54) is 0 Å². The van der Waals surface area contributed by atoms with E-state index in [0.717, 1.165) is 35.4 Å². The van der Waals surface area contributed by atoms with Gasteiger partial charge in [0.05, 0.1) is 11.8 Å². The number of β-amino-alcohol motifs (C(OH)–C–C–N with tert-alkyl or cyclic N) is 1. The van der Waals surface area contributed by atoms with Crippen molar-refractivity contribution in [2.75, 3.05) is 19.6 Å². The summed E-state index contributed by atoms with van der Waals surface area (Å²) in [4.78, 5) is 12.6. The standard InChI is InChI=1S/C22H23N3O3/c26-21(24-15-22(27)10-2-11-23-14-22)19-4-1-3-18(13-19)16-5-7-17(8-6-16)20-9-12-25-28-20/h1,3-9,12-13,23,27H,2,10-11,14-15H2,(H,24,26). The lowest BCUT2D eigenvalue weighted by Gasteiger charge is -2.32. The Morgan fingerprint density at radius 3 is 2.68 bits per heavy atom. The van der Waals surface area contributed by atoms with Gasteiger partial charge in [-0.05, 0) is 42.6 Å². The van der Waals surface area contributed by atoms with E-state index in [2.05, 4.69) is 15.8 Å². The minimum absolute atomic E-state index is 0.181. The number of carbonyl (C=O) groups excluding carboxylic acids is 1. The van der Waals surface area contributed by atoms with E-state index < -0.39 is 5.60 Å². The summed E-state index contributed by atoms with van der Waals surface area (Å²) in [5.41, 5.74) is 2.61. The van der Waals surface area contributed by atoms with Crippen LogP contribution in [-0.2, 0) is 0 Å². The zero-order valence-electron chi connectivity index (χ0n) is 15.5. The number of rotatable bonds is 5. The smallest absolute Gasteiger partial charge is 0.251 e. The first kappa shape index (κ1) is 18.4. The molecule has 1 amide bonds. The number of hydrogen-bond acceptors (Lipinski definition) is 5. The van der Waals surface area contributed by atoms with Gasteiger partial charge in [-0.25, -0.2) is 0 Å². The van der Waals surface area contributed by atoms with Crippen LogP contribution in [0.2, 0.25) is 0 Å². The Hall–Kier alpha value is -2.96. The number of hydrogen-bond donors (Lipinski definition) is 3. The van der Waals surface area contributed by atoms with Crippen LogP contribution in [0.3, 0.4) is 0 Å². The molecule has 1 unspecified atom stereocenters. The largest absolute Gasteiger partial charge is 0.387 e. The predicted molar refractivity (Wildman–Crippen MR) is 107 cm³/mol. The monoisotopic (exact) mass is 377 g/mol. The molecule has 1 atom stereocenters. The summed E-state index contributed by atoms with van der Waals surface area (Å²) in [7, 11) is 0. The van der Waals surface area contributed by atoms with Gasteiger partial charge in [-0.3, -0.25) is 4.79 Å². The van der Waals surface area contributed by atoms with Crippen LogP contribution < -0.4 is 10.6 Å². The molecule has 28 heavy (non-hydrogen) atoms. The van der Waals surface area contributed by atoms with Gasteiger partial charge in [0, 0.05) is 30.3 Å². The molecule has 4 rings (SSSR count). The maximum Gasteiger partial charge on any atom is 0.251 e. The fourth-order valence-electron chi connectivity index (χ4n) is 3.48. The van der Waals surface area contributed by atoms with Crippen LogP contribution in [0.5, 0.6) is 0 Å². The van der Waals surface area contributed by atoms with Gasteiger partial charge in [0.15, 0.2) is 5.76 Å². The number of aromatic nitrogens is 1. The number of benzene rings is 2. The molecular formula is C22H23N3O3. The second-order valence-corrected chi connectivity index (χ2v) is 7.22.